The van der Waals surface area contributed by atoms with Crippen LogP contribution < -0.4 is 10.1 Å². The fourth-order valence-corrected chi connectivity index (χ4v) is 3.86. The highest BCUT2D eigenvalue weighted by atomic mass is 32.2. The topological polar surface area (TPSA) is 65.4 Å². The van der Waals surface area contributed by atoms with E-state index in [1.807, 2.05) is 53.1 Å². The third kappa shape index (κ3) is 6.21. The zero-order valence-corrected chi connectivity index (χ0v) is 16.7. The number of hydrogen-bond acceptors (Lipinski definition) is 5. The van der Waals surface area contributed by atoms with Crippen LogP contribution >= 0.6 is 11.8 Å². The Morgan fingerprint density at radius 1 is 1.11 bits per heavy atom. The Bertz CT molecular complexity index is 794. The van der Waals surface area contributed by atoms with Crippen LogP contribution in [0.1, 0.15) is 17.5 Å². The standard InChI is InChI=1S/C22H25N3O2S/c23-17-19-4-8-21(9-5-19)27-13-1-10-24-20-6-2-18(3-7-20)16-22(26)25-11-14-28-15-12-25/h2-9,24H,1,10-16H2. The number of benzene rings is 2. The van der Waals surface area contributed by atoms with E-state index in [9.17, 15) is 4.79 Å². The minimum atomic E-state index is 0.223. The van der Waals surface area contributed by atoms with Crippen LogP contribution in [-0.2, 0) is 11.2 Å². The Morgan fingerprint density at radius 3 is 2.50 bits per heavy atom. The summed E-state index contributed by atoms with van der Waals surface area (Å²) in [6, 6.07) is 17.3. The predicted molar refractivity (Wildman–Crippen MR) is 114 cm³/mol. The molecule has 1 saturated heterocycles. The Balaban J connectivity index is 1.34. The van der Waals surface area contributed by atoms with Gasteiger partial charge in [-0.3, -0.25) is 4.79 Å². The van der Waals surface area contributed by atoms with Gasteiger partial charge in [0, 0.05) is 36.8 Å². The van der Waals surface area contributed by atoms with Crippen LogP contribution in [0.25, 0.3) is 0 Å². The summed E-state index contributed by atoms with van der Waals surface area (Å²) in [4.78, 5) is 14.3. The van der Waals surface area contributed by atoms with Crippen molar-refractivity contribution in [2.45, 2.75) is 12.8 Å². The van der Waals surface area contributed by atoms with E-state index in [4.69, 9.17) is 10.00 Å². The van der Waals surface area contributed by atoms with Crippen molar-refractivity contribution in [2.75, 3.05) is 43.1 Å². The Hall–Kier alpha value is -2.65. The van der Waals surface area contributed by atoms with Crippen LogP contribution in [0.3, 0.4) is 0 Å². The Morgan fingerprint density at radius 2 is 1.82 bits per heavy atom. The molecular weight excluding hydrogens is 370 g/mol. The maximum absolute atomic E-state index is 12.3. The Kier molecular flexibility index (Phi) is 7.62. The van der Waals surface area contributed by atoms with Gasteiger partial charge in [-0.1, -0.05) is 12.1 Å². The fraction of sp³-hybridized carbons (Fsp3) is 0.364. The highest BCUT2D eigenvalue weighted by Crippen LogP contribution is 2.14. The van der Waals surface area contributed by atoms with Gasteiger partial charge in [0.15, 0.2) is 0 Å². The predicted octanol–water partition coefficient (Wildman–Crippen LogP) is 3.56. The molecule has 1 aliphatic heterocycles. The van der Waals surface area contributed by atoms with E-state index in [1.54, 1.807) is 12.1 Å². The average Bonchev–Trinajstić information content (AvgIpc) is 2.75. The summed E-state index contributed by atoms with van der Waals surface area (Å²) in [6.45, 7) is 3.15. The molecule has 0 spiro atoms. The number of nitrogens with zero attached hydrogens (tertiary/aromatic N) is 2. The van der Waals surface area contributed by atoms with Crippen LogP contribution in [0, 0.1) is 11.3 Å². The summed E-state index contributed by atoms with van der Waals surface area (Å²) < 4.78 is 5.67. The second kappa shape index (κ2) is 10.6. The van der Waals surface area contributed by atoms with Gasteiger partial charge in [-0.05, 0) is 48.4 Å². The molecule has 1 amide bonds. The SMILES string of the molecule is N#Cc1ccc(OCCCNc2ccc(CC(=O)N3CCSCC3)cc2)cc1. The fourth-order valence-electron chi connectivity index (χ4n) is 2.96. The summed E-state index contributed by atoms with van der Waals surface area (Å²) in [6.07, 6.45) is 1.34. The van der Waals surface area contributed by atoms with Crippen molar-refractivity contribution in [3.05, 3.63) is 59.7 Å². The Labute approximate surface area is 170 Å². The minimum absolute atomic E-state index is 0.223. The lowest BCUT2D eigenvalue weighted by molar-refractivity contribution is -0.130. The quantitative estimate of drug-likeness (QED) is 0.693. The van der Waals surface area contributed by atoms with E-state index in [-0.39, 0.29) is 5.91 Å². The molecular formula is C22H25N3O2S. The molecule has 0 bridgehead atoms. The molecule has 3 rings (SSSR count). The number of rotatable bonds is 8. The largest absolute Gasteiger partial charge is 0.494 e. The maximum Gasteiger partial charge on any atom is 0.227 e. The molecule has 1 heterocycles. The molecule has 0 aliphatic carbocycles. The summed E-state index contributed by atoms with van der Waals surface area (Å²) in [5.74, 6) is 3.09. The van der Waals surface area contributed by atoms with Gasteiger partial charge in [0.25, 0.3) is 0 Å². The van der Waals surface area contributed by atoms with Gasteiger partial charge in [0.1, 0.15) is 5.75 Å². The monoisotopic (exact) mass is 395 g/mol. The second-order valence-electron chi connectivity index (χ2n) is 6.63. The molecule has 6 heteroatoms. The molecule has 0 radical (unpaired) electrons. The van der Waals surface area contributed by atoms with Crippen LogP contribution in [0.2, 0.25) is 0 Å². The molecule has 5 nitrogen and oxygen atoms in total. The first-order chi connectivity index (χ1) is 13.7. The molecule has 0 aromatic heterocycles. The minimum Gasteiger partial charge on any atom is -0.494 e. The van der Waals surface area contributed by atoms with Gasteiger partial charge in [-0.25, -0.2) is 0 Å². The van der Waals surface area contributed by atoms with Crippen molar-refractivity contribution in [1.82, 2.24) is 4.90 Å². The highest BCUT2D eigenvalue weighted by molar-refractivity contribution is 7.99. The lowest BCUT2D eigenvalue weighted by Gasteiger charge is -2.26. The van der Waals surface area contributed by atoms with E-state index in [1.165, 1.54) is 0 Å². The first-order valence-electron chi connectivity index (χ1n) is 9.56. The van der Waals surface area contributed by atoms with Gasteiger partial charge in [0.05, 0.1) is 24.7 Å². The molecule has 0 saturated carbocycles. The number of carbonyl (C=O) groups excluding carboxylic acids is 1. The van der Waals surface area contributed by atoms with Crippen LogP contribution in [0.15, 0.2) is 48.5 Å². The molecule has 1 fully saturated rings. The van der Waals surface area contributed by atoms with Gasteiger partial charge in [-0.15, -0.1) is 0 Å². The first-order valence-corrected chi connectivity index (χ1v) is 10.7. The number of nitrogens with one attached hydrogen (secondary N) is 1. The summed E-state index contributed by atoms with van der Waals surface area (Å²) in [5.41, 5.74) is 2.73. The van der Waals surface area contributed by atoms with Crippen molar-refractivity contribution in [2.24, 2.45) is 0 Å². The van der Waals surface area contributed by atoms with Crippen molar-refractivity contribution in [3.8, 4) is 11.8 Å². The number of anilines is 1. The summed E-state index contributed by atoms with van der Waals surface area (Å²) in [5, 5.41) is 12.2. The highest BCUT2D eigenvalue weighted by Gasteiger charge is 2.16. The van der Waals surface area contributed by atoms with Crippen molar-refractivity contribution < 1.29 is 9.53 Å². The number of ether oxygens (including phenoxy) is 1. The number of carbonyl (C=O) groups is 1. The van der Waals surface area contributed by atoms with Crippen molar-refractivity contribution >= 4 is 23.4 Å². The van der Waals surface area contributed by atoms with E-state index in [0.29, 0.717) is 18.6 Å². The summed E-state index contributed by atoms with van der Waals surface area (Å²) >= 11 is 1.91. The van der Waals surface area contributed by atoms with E-state index < -0.39 is 0 Å². The molecule has 1 N–H and O–H groups in total. The first kappa shape index (κ1) is 20.1. The molecule has 146 valence electrons. The van der Waals surface area contributed by atoms with Crippen LogP contribution in [0.5, 0.6) is 5.75 Å². The molecule has 0 unspecified atom stereocenters. The van der Waals surface area contributed by atoms with Crippen LogP contribution in [0.4, 0.5) is 5.69 Å². The smallest absolute Gasteiger partial charge is 0.227 e. The average molecular weight is 396 g/mol. The van der Waals surface area contributed by atoms with Crippen LogP contribution in [-0.4, -0.2) is 48.6 Å². The van der Waals surface area contributed by atoms with E-state index in [0.717, 1.165) is 54.6 Å². The van der Waals surface area contributed by atoms with E-state index >= 15 is 0 Å². The summed E-state index contributed by atoms with van der Waals surface area (Å²) in [7, 11) is 0. The molecule has 2 aromatic carbocycles. The lowest BCUT2D eigenvalue weighted by atomic mass is 10.1. The van der Waals surface area contributed by atoms with Gasteiger partial charge >= 0.3 is 0 Å². The van der Waals surface area contributed by atoms with Gasteiger partial charge < -0.3 is 15.0 Å². The van der Waals surface area contributed by atoms with Gasteiger partial charge in [0.2, 0.25) is 5.91 Å². The number of nitriles is 1. The zero-order chi connectivity index (χ0) is 19.6. The molecule has 1 aliphatic rings. The van der Waals surface area contributed by atoms with Crippen molar-refractivity contribution in [3.63, 3.8) is 0 Å². The molecule has 2 aromatic rings. The zero-order valence-electron chi connectivity index (χ0n) is 15.9. The number of hydrogen-bond donors (Lipinski definition) is 1. The van der Waals surface area contributed by atoms with E-state index in [2.05, 4.69) is 11.4 Å². The number of thioether (sulfide) groups is 1. The third-order valence-corrected chi connectivity index (χ3v) is 5.52. The lowest BCUT2D eigenvalue weighted by Crippen LogP contribution is -2.38. The van der Waals surface area contributed by atoms with Gasteiger partial charge in [-0.2, -0.15) is 17.0 Å². The second-order valence-corrected chi connectivity index (χ2v) is 7.86. The molecule has 28 heavy (non-hydrogen) atoms. The third-order valence-electron chi connectivity index (χ3n) is 4.58. The van der Waals surface area contributed by atoms with Crippen molar-refractivity contribution in [1.29, 1.82) is 5.26 Å². The maximum atomic E-state index is 12.3. The normalized spacial score (nSPS) is 13.6. The number of amides is 1. The molecule has 0 atom stereocenters.